The Kier molecular flexibility index (Phi) is 5.31. The third-order valence-electron chi connectivity index (χ3n) is 2.84. The first-order valence-corrected chi connectivity index (χ1v) is 7.34. The van der Waals surface area contributed by atoms with Crippen LogP contribution in [0.3, 0.4) is 0 Å². The third-order valence-corrected chi connectivity index (χ3v) is 3.73. The van der Waals surface area contributed by atoms with Crippen LogP contribution in [0.1, 0.15) is 20.7 Å². The molecule has 0 radical (unpaired) electrons. The van der Waals surface area contributed by atoms with Crippen molar-refractivity contribution in [2.24, 2.45) is 5.73 Å². The number of methoxy groups -OCH3 is 1. The van der Waals surface area contributed by atoms with E-state index >= 15 is 0 Å². The normalized spacial score (nSPS) is 10.1. The van der Waals surface area contributed by atoms with E-state index in [-0.39, 0.29) is 12.4 Å². The SMILES string of the molecule is COc1ccc(C(=O)COc2cc(C(N)=O)ccc2I)cn1. The molecule has 0 bridgehead atoms. The van der Waals surface area contributed by atoms with Crippen LogP contribution in [0.4, 0.5) is 0 Å². The van der Waals surface area contributed by atoms with E-state index in [1.165, 1.54) is 19.4 Å². The fourth-order valence-electron chi connectivity index (χ4n) is 1.66. The number of aromatic nitrogens is 1. The Labute approximate surface area is 140 Å². The summed E-state index contributed by atoms with van der Waals surface area (Å²) in [5, 5.41) is 0. The number of rotatable bonds is 6. The van der Waals surface area contributed by atoms with E-state index in [0.717, 1.165) is 3.57 Å². The maximum absolute atomic E-state index is 12.0. The fourth-order valence-corrected chi connectivity index (χ4v) is 2.15. The molecular weight excluding hydrogens is 399 g/mol. The van der Waals surface area contributed by atoms with Crippen molar-refractivity contribution in [3.05, 3.63) is 51.2 Å². The van der Waals surface area contributed by atoms with Gasteiger partial charge in [-0.2, -0.15) is 0 Å². The number of ketones is 1. The molecule has 7 heteroatoms. The molecule has 0 aliphatic heterocycles. The van der Waals surface area contributed by atoms with Crippen LogP contribution in [0, 0.1) is 3.57 Å². The number of pyridine rings is 1. The maximum atomic E-state index is 12.0. The van der Waals surface area contributed by atoms with Crippen LogP contribution >= 0.6 is 22.6 Å². The van der Waals surface area contributed by atoms with Crippen molar-refractivity contribution in [1.82, 2.24) is 4.98 Å². The molecule has 114 valence electrons. The monoisotopic (exact) mass is 412 g/mol. The summed E-state index contributed by atoms with van der Waals surface area (Å²) in [5.74, 6) is 0.0928. The summed E-state index contributed by atoms with van der Waals surface area (Å²) in [7, 11) is 1.50. The van der Waals surface area contributed by atoms with Crippen molar-refractivity contribution in [3.63, 3.8) is 0 Å². The number of nitrogens with two attached hydrogens (primary N) is 1. The van der Waals surface area contributed by atoms with Crippen LogP contribution < -0.4 is 15.2 Å². The van der Waals surface area contributed by atoms with Crippen LogP contribution in [0.25, 0.3) is 0 Å². The molecule has 1 aromatic heterocycles. The number of hydrogen-bond acceptors (Lipinski definition) is 5. The number of benzene rings is 1. The van der Waals surface area contributed by atoms with Crippen LogP contribution in [0.5, 0.6) is 11.6 Å². The number of primary amides is 1. The number of Topliss-reactive ketones (excluding diaryl/α,β-unsaturated/α-hetero) is 1. The van der Waals surface area contributed by atoms with Gasteiger partial charge in [-0.25, -0.2) is 4.98 Å². The minimum absolute atomic E-state index is 0.160. The first-order chi connectivity index (χ1) is 10.5. The summed E-state index contributed by atoms with van der Waals surface area (Å²) < 4.78 is 11.2. The number of nitrogens with zero attached hydrogens (tertiary/aromatic N) is 1. The van der Waals surface area contributed by atoms with Gasteiger partial charge in [0.2, 0.25) is 17.6 Å². The van der Waals surface area contributed by atoms with Gasteiger partial charge in [-0.1, -0.05) is 0 Å². The smallest absolute Gasteiger partial charge is 0.248 e. The Balaban J connectivity index is 2.07. The van der Waals surface area contributed by atoms with Crippen molar-refractivity contribution in [2.75, 3.05) is 13.7 Å². The summed E-state index contributed by atoms with van der Waals surface area (Å²) in [6.07, 6.45) is 1.43. The highest BCUT2D eigenvalue weighted by Crippen LogP contribution is 2.22. The fraction of sp³-hybridized carbons (Fsp3) is 0.133. The summed E-state index contributed by atoms with van der Waals surface area (Å²) in [6.45, 7) is -0.160. The van der Waals surface area contributed by atoms with Crippen molar-refractivity contribution in [1.29, 1.82) is 0 Å². The molecule has 22 heavy (non-hydrogen) atoms. The number of ether oxygens (including phenoxy) is 2. The third kappa shape index (κ3) is 3.94. The predicted molar refractivity (Wildman–Crippen MR) is 88.3 cm³/mol. The van der Waals surface area contributed by atoms with E-state index in [2.05, 4.69) is 27.6 Å². The molecule has 1 heterocycles. The number of carbonyl (C=O) groups is 2. The van der Waals surface area contributed by atoms with Gasteiger partial charge >= 0.3 is 0 Å². The average Bonchev–Trinajstić information content (AvgIpc) is 2.53. The summed E-state index contributed by atoms with van der Waals surface area (Å²) >= 11 is 2.05. The lowest BCUT2D eigenvalue weighted by molar-refractivity contribution is 0.0920. The Bertz CT molecular complexity index is 701. The van der Waals surface area contributed by atoms with Crippen molar-refractivity contribution >= 4 is 34.3 Å². The van der Waals surface area contributed by atoms with Crippen LogP contribution in [0.2, 0.25) is 0 Å². The maximum Gasteiger partial charge on any atom is 0.248 e. The highest BCUT2D eigenvalue weighted by Gasteiger charge is 2.11. The van der Waals surface area contributed by atoms with Gasteiger partial charge < -0.3 is 15.2 Å². The Morgan fingerprint density at radius 1 is 1.23 bits per heavy atom. The molecule has 0 atom stereocenters. The molecule has 1 aromatic carbocycles. The molecule has 0 aliphatic carbocycles. The zero-order valence-electron chi connectivity index (χ0n) is 11.7. The lowest BCUT2D eigenvalue weighted by atomic mass is 10.2. The van der Waals surface area contributed by atoms with Crippen LogP contribution in [-0.4, -0.2) is 30.4 Å². The van der Waals surface area contributed by atoms with Crippen molar-refractivity contribution < 1.29 is 19.1 Å². The summed E-state index contributed by atoms with van der Waals surface area (Å²) in [5.41, 5.74) is 5.97. The van der Waals surface area contributed by atoms with Crippen molar-refractivity contribution in [2.45, 2.75) is 0 Å². The van der Waals surface area contributed by atoms with Crippen LogP contribution in [0.15, 0.2) is 36.5 Å². The molecule has 2 rings (SSSR count). The molecule has 0 aliphatic rings. The number of hydrogen-bond donors (Lipinski definition) is 1. The molecule has 0 saturated carbocycles. The highest BCUT2D eigenvalue weighted by atomic mass is 127. The summed E-state index contributed by atoms with van der Waals surface area (Å²) in [4.78, 5) is 27.2. The minimum Gasteiger partial charge on any atom is -0.484 e. The zero-order chi connectivity index (χ0) is 16.1. The number of amides is 1. The van der Waals surface area contributed by atoms with Crippen molar-refractivity contribution in [3.8, 4) is 11.6 Å². The molecule has 2 N–H and O–H groups in total. The van der Waals surface area contributed by atoms with E-state index in [1.54, 1.807) is 24.3 Å². The van der Waals surface area contributed by atoms with E-state index in [0.29, 0.717) is 22.8 Å². The van der Waals surface area contributed by atoms with Gasteiger partial charge in [0, 0.05) is 23.4 Å². The van der Waals surface area contributed by atoms with Gasteiger partial charge in [-0.15, -0.1) is 0 Å². The largest absolute Gasteiger partial charge is 0.484 e. The minimum atomic E-state index is -0.549. The molecule has 2 aromatic rings. The van der Waals surface area contributed by atoms with Gasteiger partial charge in [-0.3, -0.25) is 9.59 Å². The average molecular weight is 412 g/mol. The first-order valence-electron chi connectivity index (χ1n) is 6.26. The van der Waals surface area contributed by atoms with Gasteiger partial charge in [0.1, 0.15) is 5.75 Å². The Hall–Kier alpha value is -2.16. The lowest BCUT2D eigenvalue weighted by Gasteiger charge is -2.09. The van der Waals surface area contributed by atoms with Gasteiger partial charge in [0.05, 0.1) is 10.7 Å². The van der Waals surface area contributed by atoms with Gasteiger partial charge in [0.15, 0.2) is 6.61 Å². The molecule has 6 nitrogen and oxygen atoms in total. The van der Waals surface area contributed by atoms with E-state index in [4.69, 9.17) is 15.2 Å². The molecule has 0 saturated heterocycles. The Morgan fingerprint density at radius 2 is 1.95 bits per heavy atom. The number of carbonyl (C=O) groups excluding carboxylic acids is 2. The molecule has 0 spiro atoms. The second kappa shape index (κ2) is 7.21. The molecular formula is C15H13IN2O4. The standard InChI is InChI=1S/C15H13IN2O4/c1-21-14-5-3-10(7-18-14)12(19)8-22-13-6-9(15(17)20)2-4-11(13)16/h2-7H,8H2,1H3,(H2,17,20). The second-order valence-corrected chi connectivity index (χ2v) is 5.47. The van der Waals surface area contributed by atoms with E-state index in [1.807, 2.05) is 0 Å². The highest BCUT2D eigenvalue weighted by molar-refractivity contribution is 14.1. The van der Waals surface area contributed by atoms with Gasteiger partial charge in [-0.05, 0) is 46.9 Å². The quantitative estimate of drug-likeness (QED) is 0.580. The first kappa shape index (κ1) is 16.2. The van der Waals surface area contributed by atoms with Crippen LogP contribution in [-0.2, 0) is 0 Å². The summed E-state index contributed by atoms with van der Waals surface area (Å²) in [6, 6.07) is 8.04. The zero-order valence-corrected chi connectivity index (χ0v) is 13.9. The van der Waals surface area contributed by atoms with Gasteiger partial charge in [0.25, 0.3) is 0 Å². The Morgan fingerprint density at radius 3 is 2.55 bits per heavy atom. The van der Waals surface area contributed by atoms with E-state index < -0.39 is 5.91 Å². The predicted octanol–water partition coefficient (Wildman–Crippen LogP) is 2.06. The number of halogens is 1. The van der Waals surface area contributed by atoms with E-state index in [9.17, 15) is 9.59 Å². The molecule has 0 unspecified atom stereocenters. The lowest BCUT2D eigenvalue weighted by Crippen LogP contribution is -2.14. The topological polar surface area (TPSA) is 91.5 Å². The second-order valence-electron chi connectivity index (χ2n) is 4.31. The molecule has 1 amide bonds. The molecule has 0 fully saturated rings.